The van der Waals surface area contributed by atoms with E-state index in [1.54, 1.807) is 15.5 Å². The van der Waals surface area contributed by atoms with Crippen molar-refractivity contribution in [2.24, 2.45) is 0 Å². The van der Waals surface area contributed by atoms with Crippen LogP contribution in [-0.2, 0) is 22.7 Å². The average molecular weight is 525 g/mol. The Bertz CT molecular complexity index is 1780. The predicted molar refractivity (Wildman–Crippen MR) is 141 cm³/mol. The van der Waals surface area contributed by atoms with Crippen LogP contribution < -0.4 is 5.32 Å². The molecule has 39 heavy (non-hydrogen) atoms. The van der Waals surface area contributed by atoms with Crippen LogP contribution in [0.25, 0.3) is 27.7 Å². The number of rotatable bonds is 2. The van der Waals surface area contributed by atoms with Crippen LogP contribution in [0.15, 0.2) is 48.9 Å². The summed E-state index contributed by atoms with van der Waals surface area (Å²) >= 11 is 0. The third-order valence-electron chi connectivity index (χ3n) is 8.63. The highest BCUT2D eigenvalue weighted by Gasteiger charge is 2.42. The Kier molecular flexibility index (Phi) is 4.70. The summed E-state index contributed by atoms with van der Waals surface area (Å²) in [4.78, 5) is 48.1. The summed E-state index contributed by atoms with van der Waals surface area (Å²) in [7, 11) is 0. The van der Waals surface area contributed by atoms with Crippen molar-refractivity contribution in [3.05, 3.63) is 71.6 Å². The summed E-state index contributed by atoms with van der Waals surface area (Å²) in [6, 6.07) is 9.00. The number of urea groups is 1. The number of nitrogens with zero attached hydrogens (tertiary/aromatic N) is 5. The van der Waals surface area contributed by atoms with Crippen molar-refractivity contribution in [3.63, 3.8) is 0 Å². The van der Waals surface area contributed by atoms with E-state index >= 15 is 4.39 Å². The number of Topliss-reactive ketones (excluding diaryl/α,β-unsaturated/α-hetero) is 2. The van der Waals surface area contributed by atoms with Crippen LogP contribution in [-0.4, -0.2) is 73.1 Å². The van der Waals surface area contributed by atoms with Gasteiger partial charge in [0.05, 0.1) is 29.4 Å². The van der Waals surface area contributed by atoms with Crippen molar-refractivity contribution in [2.75, 3.05) is 19.6 Å². The SMILES string of the molecule is O=C1CC(=O)C(c2cnc3ccccn23)=C1c1cn2c3c(cc(F)cc13)CN(C(=O)N1CC3CC1CN3)CC2. The summed E-state index contributed by atoms with van der Waals surface area (Å²) < 4.78 is 18.9. The number of fused-ring (bicyclic) bond motifs is 3. The number of hydrogen-bond donors (Lipinski definition) is 1. The molecule has 3 aliphatic heterocycles. The number of imidazole rings is 1. The number of amides is 2. The van der Waals surface area contributed by atoms with Gasteiger partial charge >= 0.3 is 6.03 Å². The fraction of sp³-hybridized carbons (Fsp3) is 0.310. The van der Waals surface area contributed by atoms with Crippen LogP contribution >= 0.6 is 0 Å². The Labute approximate surface area is 222 Å². The average Bonchev–Trinajstić information content (AvgIpc) is 3.73. The molecule has 0 saturated carbocycles. The molecule has 1 N–H and O–H groups in total. The summed E-state index contributed by atoms with van der Waals surface area (Å²) in [6.07, 6.45) is 6.02. The van der Waals surface area contributed by atoms with Gasteiger partial charge in [0.2, 0.25) is 0 Å². The smallest absolute Gasteiger partial charge is 0.320 e. The van der Waals surface area contributed by atoms with Crippen LogP contribution in [0.2, 0.25) is 0 Å². The zero-order valence-electron chi connectivity index (χ0n) is 21.1. The summed E-state index contributed by atoms with van der Waals surface area (Å²) in [5, 5.41) is 4.00. The first-order valence-electron chi connectivity index (χ1n) is 13.3. The molecule has 0 radical (unpaired) electrons. The molecule has 0 spiro atoms. The van der Waals surface area contributed by atoms with Gasteiger partial charge in [-0.25, -0.2) is 14.2 Å². The van der Waals surface area contributed by atoms with E-state index in [2.05, 4.69) is 10.3 Å². The van der Waals surface area contributed by atoms with Gasteiger partial charge in [0.25, 0.3) is 0 Å². The van der Waals surface area contributed by atoms with Gasteiger partial charge in [-0.05, 0) is 36.2 Å². The van der Waals surface area contributed by atoms with E-state index in [4.69, 9.17) is 0 Å². The molecular weight excluding hydrogens is 499 g/mol. The van der Waals surface area contributed by atoms with Gasteiger partial charge in [-0.15, -0.1) is 0 Å². The Hall–Kier alpha value is -4.31. The van der Waals surface area contributed by atoms with Crippen molar-refractivity contribution in [3.8, 4) is 0 Å². The van der Waals surface area contributed by atoms with E-state index in [0.717, 1.165) is 18.5 Å². The number of piperazine rings is 1. The molecular formula is C29H25FN6O3. The lowest BCUT2D eigenvalue weighted by atomic mass is 9.98. The Morgan fingerprint density at radius 3 is 2.79 bits per heavy atom. The standard InChI is InChI=1S/C29H25FN6O3/c30-17-7-16-13-34(29(39)36-14-18-9-19(36)11-31-18)6-5-33-15-21(20(8-17)28(16)33)26-23(37)10-24(38)27(26)22-12-32-25-3-1-2-4-35(22)25/h1-4,7-8,12,15,18-19,31H,5-6,9-11,13-14H2. The number of hydrogen-bond acceptors (Lipinski definition) is 5. The Morgan fingerprint density at radius 1 is 1.10 bits per heavy atom. The number of carbonyl (C=O) groups is 3. The lowest BCUT2D eigenvalue weighted by Gasteiger charge is -2.33. The molecule has 2 unspecified atom stereocenters. The Balaban J connectivity index is 1.25. The number of pyridine rings is 1. The predicted octanol–water partition coefficient (Wildman–Crippen LogP) is 2.86. The second-order valence-electron chi connectivity index (χ2n) is 10.9. The number of likely N-dealkylation sites (tertiary alicyclic amines) is 1. The van der Waals surface area contributed by atoms with E-state index < -0.39 is 5.82 Å². The lowest BCUT2D eigenvalue weighted by molar-refractivity contribution is -0.119. The first-order valence-corrected chi connectivity index (χ1v) is 13.3. The molecule has 10 heteroatoms. The third kappa shape index (κ3) is 3.27. The van der Waals surface area contributed by atoms with E-state index in [1.807, 2.05) is 40.1 Å². The molecule has 9 nitrogen and oxygen atoms in total. The summed E-state index contributed by atoms with van der Waals surface area (Å²) in [5.41, 5.74) is 3.87. The largest absolute Gasteiger partial charge is 0.345 e. The van der Waals surface area contributed by atoms with Crippen LogP contribution in [0.3, 0.4) is 0 Å². The maximum atomic E-state index is 15.1. The lowest BCUT2D eigenvalue weighted by Crippen LogP contribution is -2.51. The molecule has 4 aromatic rings. The molecule has 2 amide bonds. The van der Waals surface area contributed by atoms with Gasteiger partial charge in [0.15, 0.2) is 11.6 Å². The first-order chi connectivity index (χ1) is 19.0. The van der Waals surface area contributed by atoms with Gasteiger partial charge in [-0.2, -0.15) is 0 Å². The minimum atomic E-state index is -0.441. The van der Waals surface area contributed by atoms with Crippen molar-refractivity contribution in [1.29, 1.82) is 0 Å². The van der Waals surface area contributed by atoms with Crippen molar-refractivity contribution >= 4 is 45.3 Å². The molecule has 2 fully saturated rings. The molecule has 2 bridgehead atoms. The maximum Gasteiger partial charge on any atom is 0.320 e. The quantitative estimate of drug-likeness (QED) is 0.407. The van der Waals surface area contributed by atoms with E-state index in [0.29, 0.717) is 64.7 Å². The van der Waals surface area contributed by atoms with E-state index in [-0.39, 0.29) is 36.6 Å². The van der Waals surface area contributed by atoms with Gasteiger partial charge in [-0.1, -0.05) is 6.07 Å². The van der Waals surface area contributed by atoms with E-state index in [1.165, 1.54) is 12.1 Å². The number of aromatic nitrogens is 3. The fourth-order valence-corrected chi connectivity index (χ4v) is 6.91. The second kappa shape index (κ2) is 8.09. The minimum Gasteiger partial charge on any atom is -0.345 e. The zero-order valence-corrected chi connectivity index (χ0v) is 21.1. The third-order valence-corrected chi connectivity index (χ3v) is 8.63. The number of carbonyl (C=O) groups excluding carboxylic acids is 3. The van der Waals surface area contributed by atoms with Crippen molar-refractivity contribution < 1.29 is 18.8 Å². The first kappa shape index (κ1) is 22.7. The molecule has 1 aromatic carbocycles. The molecule has 2 atom stereocenters. The van der Waals surface area contributed by atoms with Crippen LogP contribution in [0.1, 0.15) is 29.7 Å². The highest BCUT2D eigenvalue weighted by Crippen LogP contribution is 2.41. The van der Waals surface area contributed by atoms with Crippen molar-refractivity contribution in [2.45, 2.75) is 38.0 Å². The van der Waals surface area contributed by atoms with Gasteiger partial charge in [0.1, 0.15) is 11.5 Å². The fourth-order valence-electron chi connectivity index (χ4n) is 6.91. The van der Waals surface area contributed by atoms with Crippen LogP contribution in [0.4, 0.5) is 9.18 Å². The summed E-state index contributed by atoms with van der Waals surface area (Å²) in [5.74, 6) is -0.988. The van der Waals surface area contributed by atoms with Crippen molar-refractivity contribution in [1.82, 2.24) is 29.1 Å². The number of ketones is 2. The number of nitrogens with one attached hydrogen (secondary N) is 1. The number of halogens is 1. The second-order valence-corrected chi connectivity index (χ2v) is 10.9. The highest BCUT2D eigenvalue weighted by atomic mass is 19.1. The molecule has 196 valence electrons. The van der Waals surface area contributed by atoms with E-state index in [9.17, 15) is 14.4 Å². The highest BCUT2D eigenvalue weighted by molar-refractivity contribution is 6.51. The number of allylic oxidation sites excluding steroid dienone is 2. The molecule has 1 aliphatic carbocycles. The maximum absolute atomic E-state index is 15.1. The van der Waals surface area contributed by atoms with Gasteiger partial charge < -0.3 is 19.7 Å². The van der Waals surface area contributed by atoms with Gasteiger partial charge in [-0.3, -0.25) is 14.0 Å². The minimum absolute atomic E-state index is 0.0124. The van der Waals surface area contributed by atoms with Crippen LogP contribution in [0.5, 0.6) is 0 Å². The monoisotopic (exact) mass is 524 g/mol. The van der Waals surface area contributed by atoms with Gasteiger partial charge in [0, 0.05) is 73.7 Å². The van der Waals surface area contributed by atoms with Crippen LogP contribution in [0, 0.1) is 5.82 Å². The molecule has 6 heterocycles. The number of benzene rings is 1. The topological polar surface area (TPSA) is 92.0 Å². The molecule has 4 aliphatic rings. The molecule has 8 rings (SSSR count). The Morgan fingerprint density at radius 2 is 1.97 bits per heavy atom. The zero-order chi connectivity index (χ0) is 26.4. The normalized spacial score (nSPS) is 22.7. The molecule has 2 saturated heterocycles. The molecule has 3 aromatic heterocycles. The summed E-state index contributed by atoms with van der Waals surface area (Å²) in [6.45, 7) is 2.76.